The van der Waals surface area contributed by atoms with Gasteiger partial charge in [0.25, 0.3) is 0 Å². The van der Waals surface area contributed by atoms with E-state index in [1.807, 2.05) is 6.08 Å². The molecule has 2 unspecified atom stereocenters. The fourth-order valence-electron chi connectivity index (χ4n) is 1.47. The minimum absolute atomic E-state index is 0.326. The molecule has 0 spiro atoms. The van der Waals surface area contributed by atoms with Crippen LogP contribution in [0.25, 0.3) is 0 Å². The van der Waals surface area contributed by atoms with Crippen LogP contribution >= 0.6 is 0 Å². The van der Waals surface area contributed by atoms with Gasteiger partial charge in [0, 0.05) is 24.4 Å². The Hall–Kier alpha value is -0.960. The summed E-state index contributed by atoms with van der Waals surface area (Å²) in [6, 6.07) is 0.326. The van der Waals surface area contributed by atoms with Gasteiger partial charge in [0.1, 0.15) is 6.34 Å². The normalized spacial score (nSPS) is 34.8. The fourth-order valence-corrected chi connectivity index (χ4v) is 1.47. The van der Waals surface area contributed by atoms with Crippen LogP contribution in [0.5, 0.6) is 0 Å². The standard InChI is InChI=1S/C8H11N3/c1-6-4-10-7-2-3-9-5-11-8(6)7/h2-3,5-7,10H,4H2,1H3. The van der Waals surface area contributed by atoms with Crippen LogP contribution in [0.15, 0.2) is 22.3 Å². The number of hydrogen-bond acceptors (Lipinski definition) is 3. The number of nitrogens with zero attached hydrogens (tertiary/aromatic N) is 2. The first-order valence-corrected chi connectivity index (χ1v) is 3.87. The van der Waals surface area contributed by atoms with Gasteiger partial charge in [0.05, 0.1) is 6.04 Å². The molecule has 2 aliphatic rings. The van der Waals surface area contributed by atoms with E-state index in [-0.39, 0.29) is 0 Å². The first-order valence-electron chi connectivity index (χ1n) is 3.87. The molecule has 1 saturated heterocycles. The van der Waals surface area contributed by atoms with Crippen LogP contribution < -0.4 is 5.32 Å². The van der Waals surface area contributed by atoms with E-state index in [1.54, 1.807) is 12.5 Å². The minimum atomic E-state index is 0.326. The Bertz CT molecular complexity index is 240. The molecule has 11 heavy (non-hydrogen) atoms. The van der Waals surface area contributed by atoms with Crippen molar-refractivity contribution in [2.75, 3.05) is 6.54 Å². The van der Waals surface area contributed by atoms with Gasteiger partial charge in [-0.3, -0.25) is 0 Å². The zero-order valence-electron chi connectivity index (χ0n) is 6.49. The Morgan fingerprint density at radius 3 is 3.45 bits per heavy atom. The lowest BCUT2D eigenvalue weighted by molar-refractivity contribution is 0.711. The van der Waals surface area contributed by atoms with Crippen LogP contribution in [0.3, 0.4) is 0 Å². The molecule has 1 N–H and O–H groups in total. The van der Waals surface area contributed by atoms with Crippen LogP contribution in [0.2, 0.25) is 0 Å². The van der Waals surface area contributed by atoms with E-state index in [0.717, 1.165) is 6.54 Å². The Balaban J connectivity index is 2.31. The maximum atomic E-state index is 4.27. The fraction of sp³-hybridized carbons (Fsp3) is 0.500. The van der Waals surface area contributed by atoms with Crippen LogP contribution in [0.1, 0.15) is 6.92 Å². The molecular weight excluding hydrogens is 138 g/mol. The zero-order chi connectivity index (χ0) is 7.68. The molecule has 58 valence electrons. The van der Waals surface area contributed by atoms with Crippen molar-refractivity contribution in [1.29, 1.82) is 0 Å². The van der Waals surface area contributed by atoms with Crippen molar-refractivity contribution in [3.8, 4) is 0 Å². The highest BCUT2D eigenvalue weighted by atomic mass is 15.0. The highest BCUT2D eigenvalue weighted by Crippen LogP contribution is 2.12. The van der Waals surface area contributed by atoms with Crippen molar-refractivity contribution in [3.63, 3.8) is 0 Å². The van der Waals surface area contributed by atoms with Crippen LogP contribution in [-0.2, 0) is 0 Å². The monoisotopic (exact) mass is 149 g/mol. The maximum Gasteiger partial charge on any atom is 0.115 e. The SMILES string of the molecule is CC1CNC2C=CN=CN=C12. The van der Waals surface area contributed by atoms with Gasteiger partial charge in [-0.05, 0) is 6.08 Å². The lowest BCUT2D eigenvalue weighted by atomic mass is 10.1. The van der Waals surface area contributed by atoms with Gasteiger partial charge in [-0.25, -0.2) is 9.98 Å². The summed E-state index contributed by atoms with van der Waals surface area (Å²) in [7, 11) is 0. The first kappa shape index (κ1) is 6.73. The van der Waals surface area contributed by atoms with Gasteiger partial charge in [0.15, 0.2) is 0 Å². The number of hydrogen-bond donors (Lipinski definition) is 1. The summed E-state index contributed by atoms with van der Waals surface area (Å²) in [5, 5.41) is 3.35. The molecule has 0 aromatic rings. The van der Waals surface area contributed by atoms with Crippen LogP contribution in [0, 0.1) is 5.92 Å². The lowest BCUT2D eigenvalue weighted by Crippen LogP contribution is -2.24. The highest BCUT2D eigenvalue weighted by molar-refractivity contribution is 5.99. The van der Waals surface area contributed by atoms with E-state index < -0.39 is 0 Å². The minimum Gasteiger partial charge on any atom is -0.305 e. The molecule has 2 rings (SSSR count). The van der Waals surface area contributed by atoms with E-state index >= 15 is 0 Å². The number of nitrogens with one attached hydrogen (secondary N) is 1. The third kappa shape index (κ3) is 1.12. The smallest absolute Gasteiger partial charge is 0.115 e. The van der Waals surface area contributed by atoms with E-state index in [9.17, 15) is 0 Å². The quantitative estimate of drug-likeness (QED) is 0.537. The van der Waals surface area contributed by atoms with E-state index in [1.165, 1.54) is 5.71 Å². The second kappa shape index (κ2) is 2.58. The molecule has 0 radical (unpaired) electrons. The van der Waals surface area contributed by atoms with Crippen LogP contribution in [-0.4, -0.2) is 24.6 Å². The molecule has 0 amide bonds. The average Bonchev–Trinajstić information content (AvgIpc) is 2.25. The molecule has 0 aliphatic carbocycles. The molecule has 2 atom stereocenters. The molecule has 1 fully saturated rings. The third-order valence-corrected chi connectivity index (χ3v) is 2.11. The highest BCUT2D eigenvalue weighted by Gasteiger charge is 2.26. The van der Waals surface area contributed by atoms with Crippen molar-refractivity contribution in [2.45, 2.75) is 13.0 Å². The Morgan fingerprint density at radius 2 is 2.55 bits per heavy atom. The summed E-state index contributed by atoms with van der Waals surface area (Å²) < 4.78 is 0. The van der Waals surface area contributed by atoms with E-state index in [4.69, 9.17) is 0 Å². The summed E-state index contributed by atoms with van der Waals surface area (Å²) >= 11 is 0. The molecule has 2 heterocycles. The van der Waals surface area contributed by atoms with Gasteiger partial charge < -0.3 is 5.32 Å². The van der Waals surface area contributed by atoms with Crippen molar-refractivity contribution in [2.24, 2.45) is 15.9 Å². The summed E-state index contributed by atoms with van der Waals surface area (Å²) in [4.78, 5) is 8.22. The Morgan fingerprint density at radius 1 is 1.64 bits per heavy atom. The molecule has 0 saturated carbocycles. The molecule has 0 aromatic carbocycles. The molecule has 3 heteroatoms. The second-order valence-electron chi connectivity index (χ2n) is 2.95. The predicted octanol–water partition coefficient (Wildman–Crippen LogP) is 0.591. The summed E-state index contributed by atoms with van der Waals surface area (Å²) in [5.41, 5.74) is 1.21. The van der Waals surface area contributed by atoms with Crippen molar-refractivity contribution >= 4 is 12.1 Å². The maximum absolute atomic E-state index is 4.27. The number of fused-ring (bicyclic) bond motifs is 1. The predicted molar refractivity (Wildman–Crippen MR) is 46.0 cm³/mol. The van der Waals surface area contributed by atoms with E-state index in [0.29, 0.717) is 12.0 Å². The average molecular weight is 149 g/mol. The lowest BCUT2D eigenvalue weighted by Gasteiger charge is -2.03. The molecular formula is C8H11N3. The molecule has 2 aliphatic heterocycles. The van der Waals surface area contributed by atoms with Crippen molar-refractivity contribution in [3.05, 3.63) is 12.3 Å². The number of rotatable bonds is 0. The summed E-state index contributed by atoms with van der Waals surface area (Å²) in [6.07, 6.45) is 5.47. The Kier molecular flexibility index (Phi) is 1.58. The third-order valence-electron chi connectivity index (χ3n) is 2.11. The second-order valence-corrected chi connectivity index (χ2v) is 2.95. The van der Waals surface area contributed by atoms with Gasteiger partial charge in [-0.1, -0.05) is 6.92 Å². The first-order chi connectivity index (χ1) is 5.38. The Labute approximate surface area is 65.9 Å². The molecule has 3 nitrogen and oxygen atoms in total. The van der Waals surface area contributed by atoms with E-state index in [2.05, 4.69) is 22.2 Å². The van der Waals surface area contributed by atoms with Gasteiger partial charge >= 0.3 is 0 Å². The van der Waals surface area contributed by atoms with Gasteiger partial charge in [-0.2, -0.15) is 0 Å². The van der Waals surface area contributed by atoms with Crippen LogP contribution in [0.4, 0.5) is 0 Å². The topological polar surface area (TPSA) is 36.8 Å². The summed E-state index contributed by atoms with van der Waals surface area (Å²) in [6.45, 7) is 3.21. The number of aliphatic imine (C=N–C) groups is 2. The molecule has 0 bridgehead atoms. The van der Waals surface area contributed by atoms with Gasteiger partial charge in [0.2, 0.25) is 0 Å². The zero-order valence-corrected chi connectivity index (χ0v) is 6.49. The molecule has 0 aromatic heterocycles. The largest absolute Gasteiger partial charge is 0.305 e. The van der Waals surface area contributed by atoms with Gasteiger partial charge in [-0.15, -0.1) is 0 Å². The summed E-state index contributed by atoms with van der Waals surface area (Å²) in [5.74, 6) is 0.550. The van der Waals surface area contributed by atoms with Crippen molar-refractivity contribution < 1.29 is 0 Å². The van der Waals surface area contributed by atoms with Crippen molar-refractivity contribution in [1.82, 2.24) is 5.32 Å².